The van der Waals surface area contributed by atoms with Gasteiger partial charge in [-0.25, -0.2) is 4.68 Å². The van der Waals surface area contributed by atoms with Gasteiger partial charge in [-0.1, -0.05) is 54.1 Å². The first-order valence-electron chi connectivity index (χ1n) is 9.33. The normalized spacial score (nSPS) is 15.3. The lowest BCUT2D eigenvalue weighted by atomic mass is 9.64. The van der Waals surface area contributed by atoms with Gasteiger partial charge in [-0.2, -0.15) is 0 Å². The molecular weight excluding hydrogens is 340 g/mol. The molecule has 6 heteroatoms. The van der Waals surface area contributed by atoms with Gasteiger partial charge >= 0.3 is 0 Å². The number of nitrogens with one attached hydrogen (secondary N) is 1. The molecule has 1 fully saturated rings. The summed E-state index contributed by atoms with van der Waals surface area (Å²) in [6.45, 7) is 0.856. The highest BCUT2D eigenvalue weighted by Gasteiger charge is 2.38. The quantitative estimate of drug-likeness (QED) is 0.731. The fourth-order valence-corrected chi connectivity index (χ4v) is 3.70. The molecule has 1 amide bonds. The summed E-state index contributed by atoms with van der Waals surface area (Å²) in [4.78, 5) is 24.8. The zero-order chi connectivity index (χ0) is 18.7. The van der Waals surface area contributed by atoms with E-state index in [4.69, 9.17) is 0 Å². The third kappa shape index (κ3) is 3.47. The molecule has 0 atom stereocenters. The van der Waals surface area contributed by atoms with Gasteiger partial charge in [0.15, 0.2) is 0 Å². The molecule has 1 heterocycles. The maximum atomic E-state index is 12.4. The van der Waals surface area contributed by atoms with Crippen LogP contribution in [-0.2, 0) is 16.8 Å². The molecular formula is C21H22N4O2. The minimum Gasteiger partial charge on any atom is -0.355 e. The first kappa shape index (κ1) is 17.4. The smallest absolute Gasteiger partial charge is 0.277 e. The van der Waals surface area contributed by atoms with E-state index in [0.717, 1.165) is 12.8 Å². The van der Waals surface area contributed by atoms with Crippen molar-refractivity contribution < 1.29 is 4.79 Å². The molecule has 3 aromatic rings. The van der Waals surface area contributed by atoms with E-state index in [1.54, 1.807) is 18.2 Å². The van der Waals surface area contributed by atoms with E-state index in [0.29, 0.717) is 17.4 Å². The zero-order valence-electron chi connectivity index (χ0n) is 15.1. The predicted molar refractivity (Wildman–Crippen MR) is 103 cm³/mol. The molecule has 4 rings (SSSR count). The standard InChI is InChI=1S/C21H22N4O2/c26-19(22-15-21(12-6-13-21)16-7-2-1-3-8-16)11-14-25-20(27)17-9-4-5-10-18(17)23-24-25/h1-5,7-10H,6,11-15H2,(H,22,26). The van der Waals surface area contributed by atoms with Crippen LogP contribution in [0.25, 0.3) is 10.9 Å². The summed E-state index contributed by atoms with van der Waals surface area (Å²) in [5.41, 5.74) is 1.69. The topological polar surface area (TPSA) is 76.9 Å². The number of carbonyl (C=O) groups is 1. The van der Waals surface area contributed by atoms with E-state index in [1.807, 2.05) is 24.3 Å². The maximum absolute atomic E-state index is 12.4. The number of hydrogen-bond acceptors (Lipinski definition) is 4. The number of benzene rings is 2. The second-order valence-electron chi connectivity index (χ2n) is 7.16. The molecule has 1 aromatic heterocycles. The molecule has 6 nitrogen and oxygen atoms in total. The van der Waals surface area contributed by atoms with Gasteiger partial charge in [0.1, 0.15) is 5.52 Å². The zero-order valence-corrected chi connectivity index (χ0v) is 15.1. The molecule has 2 aromatic carbocycles. The Labute approximate surface area is 157 Å². The molecule has 1 saturated carbocycles. The molecule has 0 radical (unpaired) electrons. The fraction of sp³-hybridized carbons (Fsp3) is 0.333. The van der Waals surface area contributed by atoms with Crippen molar-refractivity contribution in [3.63, 3.8) is 0 Å². The van der Waals surface area contributed by atoms with Crippen LogP contribution in [0.15, 0.2) is 59.4 Å². The number of nitrogens with zero attached hydrogens (tertiary/aromatic N) is 3. The van der Waals surface area contributed by atoms with Crippen LogP contribution in [0.1, 0.15) is 31.2 Å². The highest BCUT2D eigenvalue weighted by Crippen LogP contribution is 2.43. The molecule has 0 saturated heterocycles. The van der Waals surface area contributed by atoms with Crippen LogP contribution < -0.4 is 10.9 Å². The summed E-state index contributed by atoms with van der Waals surface area (Å²) >= 11 is 0. The van der Waals surface area contributed by atoms with Crippen LogP contribution in [0.4, 0.5) is 0 Å². The maximum Gasteiger partial charge on any atom is 0.277 e. The number of amides is 1. The monoisotopic (exact) mass is 362 g/mol. The summed E-state index contributed by atoms with van der Waals surface area (Å²) < 4.78 is 1.26. The van der Waals surface area contributed by atoms with Gasteiger partial charge in [0.05, 0.1) is 11.9 Å². The van der Waals surface area contributed by atoms with Crippen molar-refractivity contribution in [2.45, 2.75) is 37.6 Å². The first-order valence-corrected chi connectivity index (χ1v) is 9.33. The second-order valence-corrected chi connectivity index (χ2v) is 7.16. The number of fused-ring (bicyclic) bond motifs is 1. The van der Waals surface area contributed by atoms with Crippen molar-refractivity contribution in [1.82, 2.24) is 20.3 Å². The molecule has 0 aliphatic heterocycles. The summed E-state index contributed by atoms with van der Waals surface area (Å²) in [6, 6.07) is 17.5. The van der Waals surface area contributed by atoms with Gasteiger partial charge in [-0.15, -0.1) is 5.10 Å². The average molecular weight is 362 g/mol. The summed E-state index contributed by atoms with van der Waals surface area (Å²) in [5.74, 6) is -0.0703. The van der Waals surface area contributed by atoms with E-state index in [9.17, 15) is 9.59 Å². The number of hydrogen-bond donors (Lipinski definition) is 1. The lowest BCUT2D eigenvalue weighted by Gasteiger charge is -2.42. The first-order chi connectivity index (χ1) is 13.2. The average Bonchev–Trinajstić information content (AvgIpc) is 2.68. The van der Waals surface area contributed by atoms with E-state index in [2.05, 4.69) is 27.8 Å². The third-order valence-electron chi connectivity index (χ3n) is 5.50. The Bertz CT molecular complexity index is 1010. The minimum atomic E-state index is -0.215. The van der Waals surface area contributed by atoms with E-state index in [-0.39, 0.29) is 29.8 Å². The van der Waals surface area contributed by atoms with Crippen LogP contribution in [0, 0.1) is 0 Å². The van der Waals surface area contributed by atoms with Crippen molar-refractivity contribution in [3.05, 3.63) is 70.5 Å². The molecule has 1 aliphatic carbocycles. The van der Waals surface area contributed by atoms with Gasteiger partial charge in [0, 0.05) is 18.4 Å². The molecule has 0 bridgehead atoms. The van der Waals surface area contributed by atoms with Crippen molar-refractivity contribution in [3.8, 4) is 0 Å². The van der Waals surface area contributed by atoms with Crippen molar-refractivity contribution >= 4 is 16.8 Å². The Hall–Kier alpha value is -3.02. The van der Waals surface area contributed by atoms with Crippen LogP contribution in [0.5, 0.6) is 0 Å². The van der Waals surface area contributed by atoms with Gasteiger partial charge in [0.2, 0.25) is 5.91 Å². The van der Waals surface area contributed by atoms with E-state index in [1.165, 1.54) is 16.7 Å². The Morgan fingerprint density at radius 1 is 1.07 bits per heavy atom. The van der Waals surface area contributed by atoms with Crippen molar-refractivity contribution in [2.24, 2.45) is 0 Å². The van der Waals surface area contributed by atoms with Crippen molar-refractivity contribution in [1.29, 1.82) is 0 Å². The van der Waals surface area contributed by atoms with Gasteiger partial charge in [0.25, 0.3) is 5.56 Å². The Balaban J connectivity index is 1.38. The highest BCUT2D eigenvalue weighted by molar-refractivity contribution is 5.77. The lowest BCUT2D eigenvalue weighted by Crippen LogP contribution is -2.45. The predicted octanol–water partition coefficient (Wildman–Crippen LogP) is 2.42. The van der Waals surface area contributed by atoms with Gasteiger partial charge in [-0.05, 0) is 30.5 Å². The van der Waals surface area contributed by atoms with Crippen LogP contribution in [-0.4, -0.2) is 27.4 Å². The van der Waals surface area contributed by atoms with E-state index >= 15 is 0 Å². The molecule has 1 aliphatic rings. The van der Waals surface area contributed by atoms with Crippen molar-refractivity contribution in [2.75, 3.05) is 6.54 Å². The number of aromatic nitrogens is 3. The van der Waals surface area contributed by atoms with Crippen LogP contribution >= 0.6 is 0 Å². The molecule has 0 spiro atoms. The lowest BCUT2D eigenvalue weighted by molar-refractivity contribution is -0.121. The van der Waals surface area contributed by atoms with Crippen LogP contribution in [0.2, 0.25) is 0 Å². The highest BCUT2D eigenvalue weighted by atomic mass is 16.2. The summed E-state index contributed by atoms with van der Waals surface area (Å²) in [6.07, 6.45) is 3.57. The summed E-state index contributed by atoms with van der Waals surface area (Å²) in [7, 11) is 0. The van der Waals surface area contributed by atoms with Gasteiger partial charge < -0.3 is 5.32 Å². The Morgan fingerprint density at radius 3 is 2.56 bits per heavy atom. The van der Waals surface area contributed by atoms with Gasteiger partial charge in [-0.3, -0.25) is 9.59 Å². The number of rotatable bonds is 6. The fourth-order valence-electron chi connectivity index (χ4n) is 3.70. The number of aryl methyl sites for hydroxylation is 1. The van der Waals surface area contributed by atoms with E-state index < -0.39 is 0 Å². The largest absolute Gasteiger partial charge is 0.355 e. The Kier molecular flexibility index (Phi) is 4.71. The van der Waals surface area contributed by atoms with Crippen LogP contribution in [0.3, 0.4) is 0 Å². The molecule has 0 unspecified atom stereocenters. The summed E-state index contributed by atoms with van der Waals surface area (Å²) in [5, 5.41) is 11.6. The molecule has 1 N–H and O–H groups in total. The second kappa shape index (κ2) is 7.31. The third-order valence-corrected chi connectivity index (χ3v) is 5.50. The molecule has 27 heavy (non-hydrogen) atoms. The molecule has 138 valence electrons. The number of carbonyl (C=O) groups excluding carboxylic acids is 1. The SMILES string of the molecule is O=C(CCn1nnc2ccccc2c1=O)NCC1(c2ccccc2)CCC1. The minimum absolute atomic E-state index is 0.0521. The Morgan fingerprint density at radius 2 is 1.81 bits per heavy atom.